The summed E-state index contributed by atoms with van der Waals surface area (Å²) in [6.07, 6.45) is 1.89. The second-order valence-electron chi connectivity index (χ2n) is 11.7. The number of hydrogen-bond acceptors (Lipinski definition) is 4. The molecule has 0 saturated heterocycles. The number of amides is 2. The molecule has 0 aromatic heterocycles. The molecule has 4 aromatic rings. The third-order valence-corrected chi connectivity index (χ3v) is 10.6. The van der Waals surface area contributed by atoms with Gasteiger partial charge in [0.2, 0.25) is 11.8 Å². The lowest BCUT2D eigenvalue weighted by Crippen LogP contribution is -2.53. The summed E-state index contributed by atoms with van der Waals surface area (Å²) in [5, 5.41) is 3.66. The fraction of sp³-hybridized carbons (Fsp3) is 0.297. The summed E-state index contributed by atoms with van der Waals surface area (Å²) in [6.45, 7) is 7.65. The van der Waals surface area contributed by atoms with Gasteiger partial charge in [-0.1, -0.05) is 96.7 Å². The van der Waals surface area contributed by atoms with E-state index >= 15 is 0 Å². The van der Waals surface area contributed by atoms with Gasteiger partial charge in [-0.05, 0) is 85.8 Å². The maximum Gasteiger partial charge on any atom is 0.264 e. The molecular formula is C37H41Cl2N3O4S. The van der Waals surface area contributed by atoms with Gasteiger partial charge in [-0.3, -0.25) is 13.9 Å². The summed E-state index contributed by atoms with van der Waals surface area (Å²) >= 11 is 12.6. The van der Waals surface area contributed by atoms with Crippen molar-refractivity contribution in [2.75, 3.05) is 17.4 Å². The Balaban J connectivity index is 1.82. The van der Waals surface area contributed by atoms with Crippen LogP contribution in [0.2, 0.25) is 10.0 Å². The Labute approximate surface area is 288 Å². The van der Waals surface area contributed by atoms with Crippen molar-refractivity contribution < 1.29 is 18.0 Å². The highest BCUT2D eigenvalue weighted by atomic mass is 35.5. The van der Waals surface area contributed by atoms with Crippen molar-refractivity contribution in [3.63, 3.8) is 0 Å². The van der Waals surface area contributed by atoms with Crippen molar-refractivity contribution in [3.05, 3.63) is 129 Å². The van der Waals surface area contributed by atoms with Gasteiger partial charge in [-0.2, -0.15) is 0 Å². The minimum atomic E-state index is -4.19. The molecule has 1 atom stereocenters. The molecule has 4 aromatic carbocycles. The van der Waals surface area contributed by atoms with Crippen molar-refractivity contribution in [1.82, 2.24) is 10.2 Å². The molecule has 0 spiro atoms. The van der Waals surface area contributed by atoms with Gasteiger partial charge in [0.05, 0.1) is 20.6 Å². The van der Waals surface area contributed by atoms with Crippen LogP contribution in [0.4, 0.5) is 5.69 Å². The third kappa shape index (κ3) is 9.37. The molecule has 4 rings (SSSR count). The minimum absolute atomic E-state index is 0.000233. The largest absolute Gasteiger partial charge is 0.354 e. The molecule has 10 heteroatoms. The first-order valence-electron chi connectivity index (χ1n) is 15.6. The predicted molar refractivity (Wildman–Crippen MR) is 190 cm³/mol. The van der Waals surface area contributed by atoms with Gasteiger partial charge < -0.3 is 10.2 Å². The highest BCUT2D eigenvalue weighted by Crippen LogP contribution is 2.28. The maximum absolute atomic E-state index is 14.6. The second kappa shape index (κ2) is 16.3. The zero-order valence-corrected chi connectivity index (χ0v) is 29.5. The number of nitrogens with zero attached hydrogens (tertiary/aromatic N) is 2. The average molecular weight is 695 g/mol. The smallest absolute Gasteiger partial charge is 0.264 e. The second-order valence-corrected chi connectivity index (χ2v) is 14.4. The molecule has 0 heterocycles. The Morgan fingerprint density at radius 1 is 0.809 bits per heavy atom. The highest BCUT2D eigenvalue weighted by Gasteiger charge is 2.34. The van der Waals surface area contributed by atoms with Crippen LogP contribution >= 0.6 is 23.2 Å². The number of unbranched alkanes of at least 4 members (excludes halogenated alkanes) is 1. The van der Waals surface area contributed by atoms with Crippen LogP contribution in [0.1, 0.15) is 47.6 Å². The molecule has 0 saturated carbocycles. The molecule has 47 heavy (non-hydrogen) atoms. The first-order chi connectivity index (χ1) is 22.4. The van der Waals surface area contributed by atoms with Gasteiger partial charge in [0.25, 0.3) is 10.0 Å². The van der Waals surface area contributed by atoms with Gasteiger partial charge in [0.15, 0.2) is 0 Å². The fourth-order valence-electron chi connectivity index (χ4n) is 5.14. The number of halogens is 2. The summed E-state index contributed by atoms with van der Waals surface area (Å²) in [5.74, 6) is -0.869. The van der Waals surface area contributed by atoms with Crippen LogP contribution in [-0.2, 0) is 32.6 Å². The van der Waals surface area contributed by atoms with E-state index in [1.54, 1.807) is 42.5 Å². The first-order valence-corrected chi connectivity index (χ1v) is 17.8. The van der Waals surface area contributed by atoms with Crippen LogP contribution < -0.4 is 9.62 Å². The van der Waals surface area contributed by atoms with Crippen molar-refractivity contribution in [1.29, 1.82) is 0 Å². The van der Waals surface area contributed by atoms with Crippen LogP contribution in [0, 0.1) is 20.8 Å². The van der Waals surface area contributed by atoms with Crippen molar-refractivity contribution in [2.24, 2.45) is 0 Å². The summed E-state index contributed by atoms with van der Waals surface area (Å²) in [4.78, 5) is 30.0. The number of nitrogens with one attached hydrogen (secondary N) is 1. The van der Waals surface area contributed by atoms with Crippen LogP contribution in [-0.4, -0.2) is 44.3 Å². The lowest BCUT2D eigenvalue weighted by Gasteiger charge is -2.34. The van der Waals surface area contributed by atoms with Gasteiger partial charge in [0, 0.05) is 19.5 Å². The summed E-state index contributed by atoms with van der Waals surface area (Å²) in [5.41, 5.74) is 4.62. The number of carbonyl (C=O) groups excluding carboxylic acids is 2. The molecule has 0 fully saturated rings. The Morgan fingerprint density at radius 2 is 1.51 bits per heavy atom. The normalized spacial score (nSPS) is 12.0. The monoisotopic (exact) mass is 693 g/mol. The molecule has 7 nitrogen and oxygen atoms in total. The van der Waals surface area contributed by atoms with Crippen molar-refractivity contribution in [2.45, 2.75) is 64.4 Å². The number of benzene rings is 4. The van der Waals surface area contributed by atoms with E-state index in [0.29, 0.717) is 27.8 Å². The minimum Gasteiger partial charge on any atom is -0.354 e. The molecule has 0 bridgehead atoms. The summed E-state index contributed by atoms with van der Waals surface area (Å²) < 4.78 is 29.6. The Bertz CT molecular complexity index is 1800. The molecule has 2 amide bonds. The van der Waals surface area contributed by atoms with E-state index in [9.17, 15) is 18.0 Å². The van der Waals surface area contributed by atoms with Crippen LogP contribution in [0.25, 0.3) is 0 Å². The molecule has 1 N–H and O–H groups in total. The average Bonchev–Trinajstić information content (AvgIpc) is 3.05. The molecule has 248 valence electrons. The first kappa shape index (κ1) is 36.0. The quantitative estimate of drug-likeness (QED) is 0.137. The Kier molecular flexibility index (Phi) is 12.5. The predicted octanol–water partition coefficient (Wildman–Crippen LogP) is 7.67. The van der Waals surface area contributed by atoms with Crippen molar-refractivity contribution in [3.8, 4) is 0 Å². The molecule has 0 unspecified atom stereocenters. The van der Waals surface area contributed by atoms with E-state index in [0.717, 1.165) is 39.4 Å². The van der Waals surface area contributed by atoms with E-state index in [-0.39, 0.29) is 23.8 Å². The standard InChI is InChI=1S/C37H41Cl2N3O4S/c1-5-6-20-40-37(44)35(23-29-10-8-7-9-11-29)41(24-30-15-19-33(38)34(39)22-30)36(43)25-42(31-16-14-27(3)28(4)21-31)47(45,46)32-17-12-26(2)13-18-32/h7-19,21-22,35H,5-6,20,23-25H2,1-4H3,(H,40,44)/t35-/m1/s1. The number of hydrogen-bond donors (Lipinski definition) is 1. The Morgan fingerprint density at radius 3 is 2.15 bits per heavy atom. The lowest BCUT2D eigenvalue weighted by molar-refractivity contribution is -0.140. The van der Waals surface area contributed by atoms with E-state index in [1.165, 1.54) is 17.0 Å². The van der Waals surface area contributed by atoms with Gasteiger partial charge in [0.1, 0.15) is 12.6 Å². The Hall–Kier alpha value is -3.85. The maximum atomic E-state index is 14.6. The lowest BCUT2D eigenvalue weighted by atomic mass is 10.0. The number of carbonyl (C=O) groups is 2. The van der Waals surface area contributed by atoms with E-state index in [1.807, 2.05) is 64.1 Å². The number of sulfonamides is 1. The number of aryl methyl sites for hydroxylation is 3. The van der Waals surface area contributed by atoms with E-state index in [4.69, 9.17) is 23.2 Å². The van der Waals surface area contributed by atoms with Gasteiger partial charge >= 0.3 is 0 Å². The number of rotatable bonds is 14. The summed E-state index contributed by atoms with van der Waals surface area (Å²) in [6, 6.07) is 25.3. The topological polar surface area (TPSA) is 86.8 Å². The summed E-state index contributed by atoms with van der Waals surface area (Å²) in [7, 11) is -4.19. The van der Waals surface area contributed by atoms with Crippen LogP contribution in [0.3, 0.4) is 0 Å². The van der Waals surface area contributed by atoms with Crippen LogP contribution in [0.5, 0.6) is 0 Å². The SMILES string of the molecule is CCCCNC(=O)[C@@H](Cc1ccccc1)N(Cc1ccc(Cl)c(Cl)c1)C(=O)CN(c1ccc(C)c(C)c1)S(=O)(=O)c1ccc(C)cc1. The number of anilines is 1. The van der Waals surface area contributed by atoms with E-state index < -0.39 is 28.5 Å². The fourth-order valence-corrected chi connectivity index (χ4v) is 6.87. The van der Waals surface area contributed by atoms with Crippen LogP contribution in [0.15, 0.2) is 95.9 Å². The molecule has 0 aliphatic rings. The highest BCUT2D eigenvalue weighted by molar-refractivity contribution is 7.92. The zero-order chi connectivity index (χ0) is 34.1. The zero-order valence-electron chi connectivity index (χ0n) is 27.2. The van der Waals surface area contributed by atoms with E-state index in [2.05, 4.69) is 5.32 Å². The van der Waals surface area contributed by atoms with Gasteiger partial charge in [-0.25, -0.2) is 8.42 Å². The molecule has 0 radical (unpaired) electrons. The third-order valence-electron chi connectivity index (χ3n) is 8.10. The van der Waals surface area contributed by atoms with Crippen molar-refractivity contribution >= 4 is 50.7 Å². The molecule has 0 aliphatic heterocycles. The van der Waals surface area contributed by atoms with Gasteiger partial charge in [-0.15, -0.1) is 0 Å². The molecule has 0 aliphatic carbocycles. The molecular weight excluding hydrogens is 653 g/mol.